The van der Waals surface area contributed by atoms with Crippen molar-refractivity contribution in [2.45, 2.75) is 72.6 Å². The van der Waals surface area contributed by atoms with E-state index in [-0.39, 0.29) is 5.41 Å². The van der Waals surface area contributed by atoms with Gasteiger partial charge in [-0.3, -0.25) is 0 Å². The molecule has 1 aliphatic rings. The second kappa shape index (κ2) is 9.54. The molecule has 0 fully saturated rings. The summed E-state index contributed by atoms with van der Waals surface area (Å²) in [6.07, 6.45) is 8.59. The summed E-state index contributed by atoms with van der Waals surface area (Å²) in [5.74, 6) is 0.808. The summed E-state index contributed by atoms with van der Waals surface area (Å²) in [5, 5.41) is 0. The van der Waals surface area contributed by atoms with Gasteiger partial charge >= 0.3 is 0 Å². The maximum Gasteiger partial charge on any atom is 0.0921 e. The maximum atomic E-state index is 4.16. The van der Waals surface area contributed by atoms with Crippen molar-refractivity contribution in [2.75, 3.05) is 0 Å². The van der Waals surface area contributed by atoms with Crippen LogP contribution < -0.4 is 0 Å². The summed E-state index contributed by atoms with van der Waals surface area (Å²) in [6, 6.07) is 8.98. The van der Waals surface area contributed by atoms with E-state index in [1.807, 2.05) is 33.9 Å². The Morgan fingerprint density at radius 1 is 1.17 bits per heavy atom. The summed E-state index contributed by atoms with van der Waals surface area (Å²) in [4.78, 5) is 7.42. The van der Waals surface area contributed by atoms with E-state index < -0.39 is 0 Å². The van der Waals surface area contributed by atoms with Crippen molar-refractivity contribution in [2.24, 2.45) is 5.92 Å². The van der Waals surface area contributed by atoms with Gasteiger partial charge in [-0.15, -0.1) is 0 Å². The molecule has 23 heavy (non-hydrogen) atoms. The number of aromatic nitrogens is 2. The zero-order valence-electron chi connectivity index (χ0n) is 15.8. The van der Waals surface area contributed by atoms with Crippen LogP contribution in [-0.2, 0) is 18.3 Å². The first-order valence-corrected chi connectivity index (χ1v) is 9.27. The maximum absolute atomic E-state index is 4.16. The molecule has 0 saturated carbocycles. The van der Waals surface area contributed by atoms with E-state index in [1.54, 1.807) is 11.9 Å². The second-order valence-corrected chi connectivity index (χ2v) is 6.15. The van der Waals surface area contributed by atoms with E-state index in [0.29, 0.717) is 0 Å². The Kier molecular flexibility index (Phi) is 8.08. The number of rotatable bonds is 3. The zero-order chi connectivity index (χ0) is 17.3. The first-order chi connectivity index (χ1) is 11.2. The number of fused-ring (bicyclic) bond motifs is 1. The average molecular weight is 315 g/mol. The highest BCUT2D eigenvalue weighted by atomic mass is 14.9. The van der Waals surface area contributed by atoms with Crippen LogP contribution in [-0.4, -0.2) is 9.97 Å². The van der Waals surface area contributed by atoms with Crippen molar-refractivity contribution in [3.63, 3.8) is 0 Å². The van der Waals surface area contributed by atoms with Crippen LogP contribution in [0.3, 0.4) is 0 Å². The lowest BCUT2D eigenvalue weighted by Gasteiger charge is -2.40. The van der Waals surface area contributed by atoms with Gasteiger partial charge in [0.25, 0.3) is 0 Å². The third-order valence-electron chi connectivity index (χ3n) is 4.63. The summed E-state index contributed by atoms with van der Waals surface area (Å²) in [5.41, 5.74) is 4.56. The predicted molar refractivity (Wildman–Crippen MR) is 101 cm³/mol. The molecule has 1 aromatic carbocycles. The van der Waals surface area contributed by atoms with Gasteiger partial charge in [-0.25, -0.2) is 4.98 Å². The number of nitrogens with one attached hydrogen (secondary N) is 1. The molecule has 1 N–H and O–H groups in total. The van der Waals surface area contributed by atoms with Crippen molar-refractivity contribution in [1.82, 2.24) is 9.97 Å². The van der Waals surface area contributed by atoms with Crippen molar-refractivity contribution < 1.29 is 0 Å². The third-order valence-corrected chi connectivity index (χ3v) is 4.63. The molecule has 2 unspecified atom stereocenters. The van der Waals surface area contributed by atoms with Gasteiger partial charge in [-0.2, -0.15) is 0 Å². The Morgan fingerprint density at radius 3 is 2.48 bits per heavy atom. The fourth-order valence-electron chi connectivity index (χ4n) is 3.68. The Morgan fingerprint density at radius 2 is 1.87 bits per heavy atom. The SMILES string of the molecule is CC.CC.CCC1Cc2ccccc2C(C)(Cc2cnc[nH]2)C1. The van der Waals surface area contributed by atoms with Crippen LogP contribution in [0, 0.1) is 5.92 Å². The molecule has 2 heteroatoms. The minimum absolute atomic E-state index is 0.238. The Balaban J connectivity index is 0.000000615. The molecule has 1 aromatic heterocycles. The molecule has 1 heterocycles. The van der Waals surface area contributed by atoms with E-state index in [1.165, 1.54) is 30.5 Å². The Hall–Kier alpha value is -1.57. The normalized spacial score (nSPS) is 22.1. The van der Waals surface area contributed by atoms with Crippen LogP contribution in [0.15, 0.2) is 36.8 Å². The fourth-order valence-corrected chi connectivity index (χ4v) is 3.68. The highest BCUT2D eigenvalue weighted by Gasteiger charge is 2.36. The second-order valence-electron chi connectivity index (χ2n) is 6.15. The largest absolute Gasteiger partial charge is 0.348 e. The van der Waals surface area contributed by atoms with Gasteiger partial charge in [0.1, 0.15) is 0 Å². The number of aromatic amines is 1. The van der Waals surface area contributed by atoms with Gasteiger partial charge < -0.3 is 4.98 Å². The number of nitrogens with zero attached hydrogens (tertiary/aromatic N) is 1. The molecule has 0 amide bonds. The lowest BCUT2D eigenvalue weighted by molar-refractivity contribution is 0.296. The summed E-state index contributed by atoms with van der Waals surface area (Å²) < 4.78 is 0. The van der Waals surface area contributed by atoms with Gasteiger partial charge in [-0.05, 0) is 41.7 Å². The van der Waals surface area contributed by atoms with Gasteiger partial charge in [0, 0.05) is 11.9 Å². The highest BCUT2D eigenvalue weighted by molar-refractivity contribution is 5.37. The smallest absolute Gasteiger partial charge is 0.0921 e. The van der Waals surface area contributed by atoms with Crippen molar-refractivity contribution in [3.8, 4) is 0 Å². The van der Waals surface area contributed by atoms with Crippen LogP contribution in [0.25, 0.3) is 0 Å². The average Bonchev–Trinajstić information content (AvgIpc) is 3.11. The Bertz CT molecular complexity index is 545. The first kappa shape index (κ1) is 19.5. The zero-order valence-corrected chi connectivity index (χ0v) is 15.8. The molecule has 0 aliphatic heterocycles. The molecule has 2 aromatic rings. The van der Waals surface area contributed by atoms with Crippen molar-refractivity contribution in [3.05, 3.63) is 53.6 Å². The van der Waals surface area contributed by atoms with E-state index in [4.69, 9.17) is 0 Å². The lowest BCUT2D eigenvalue weighted by atomic mass is 9.65. The van der Waals surface area contributed by atoms with E-state index in [9.17, 15) is 0 Å². The quantitative estimate of drug-likeness (QED) is 0.746. The van der Waals surface area contributed by atoms with Crippen molar-refractivity contribution >= 4 is 0 Å². The number of hydrogen-bond acceptors (Lipinski definition) is 1. The van der Waals surface area contributed by atoms with Gasteiger partial charge in [-0.1, -0.05) is 72.2 Å². The number of imidazole rings is 1. The molecule has 3 rings (SSSR count). The fraction of sp³-hybridized carbons (Fsp3) is 0.571. The van der Waals surface area contributed by atoms with Crippen LogP contribution in [0.2, 0.25) is 0 Å². The molecule has 2 nitrogen and oxygen atoms in total. The van der Waals surface area contributed by atoms with E-state index in [0.717, 1.165) is 12.3 Å². The number of H-pyrrole nitrogens is 1. The summed E-state index contributed by atoms with van der Waals surface area (Å²) in [7, 11) is 0. The number of benzene rings is 1. The van der Waals surface area contributed by atoms with Crippen molar-refractivity contribution in [1.29, 1.82) is 0 Å². The predicted octanol–water partition coefficient (Wildman–Crippen LogP) is 5.93. The van der Waals surface area contributed by atoms with Gasteiger partial charge in [0.15, 0.2) is 0 Å². The molecular formula is C21H34N2. The summed E-state index contributed by atoms with van der Waals surface area (Å²) >= 11 is 0. The molecule has 0 spiro atoms. The summed E-state index contributed by atoms with van der Waals surface area (Å²) in [6.45, 7) is 12.7. The van der Waals surface area contributed by atoms with Crippen LogP contribution >= 0.6 is 0 Å². The molecule has 0 radical (unpaired) electrons. The number of hydrogen-bond donors (Lipinski definition) is 1. The third kappa shape index (κ3) is 4.70. The van der Waals surface area contributed by atoms with Gasteiger partial charge in [0.2, 0.25) is 0 Å². The highest BCUT2D eigenvalue weighted by Crippen LogP contribution is 2.42. The monoisotopic (exact) mass is 314 g/mol. The van der Waals surface area contributed by atoms with Crippen LogP contribution in [0.5, 0.6) is 0 Å². The van der Waals surface area contributed by atoms with Gasteiger partial charge in [0.05, 0.1) is 6.33 Å². The molecule has 1 aliphatic carbocycles. The molecular weight excluding hydrogens is 280 g/mol. The lowest BCUT2D eigenvalue weighted by Crippen LogP contribution is -2.34. The Labute approximate surface area is 142 Å². The topological polar surface area (TPSA) is 28.7 Å². The first-order valence-electron chi connectivity index (χ1n) is 9.27. The standard InChI is InChI=1S/C17H22N2.2C2H6/c1-3-13-8-14-6-4-5-7-16(14)17(2,9-13)10-15-11-18-12-19-15;2*1-2/h4-7,11-13H,3,8-10H2,1-2H3,(H,18,19);2*1-2H3. The van der Waals surface area contributed by atoms with Crippen LogP contribution in [0.1, 0.15) is 71.2 Å². The van der Waals surface area contributed by atoms with E-state index >= 15 is 0 Å². The molecule has 128 valence electrons. The molecule has 0 saturated heterocycles. The molecule has 0 bridgehead atoms. The minimum Gasteiger partial charge on any atom is -0.348 e. The molecule has 2 atom stereocenters. The van der Waals surface area contributed by atoms with E-state index in [2.05, 4.69) is 48.1 Å². The minimum atomic E-state index is 0.238. The van der Waals surface area contributed by atoms with Crippen LogP contribution in [0.4, 0.5) is 0 Å².